The van der Waals surface area contributed by atoms with Gasteiger partial charge in [0.2, 0.25) is 0 Å². The van der Waals surface area contributed by atoms with Gasteiger partial charge in [-0.25, -0.2) is 0 Å². The molecule has 1 aliphatic rings. The Hall–Kier alpha value is -0.850. The molecule has 1 aromatic rings. The first-order chi connectivity index (χ1) is 5.27. The third-order valence-electron chi connectivity index (χ3n) is 2.54. The van der Waals surface area contributed by atoms with Crippen molar-refractivity contribution >= 4 is 0 Å². The smallest absolute Gasteiger partial charge is 0.0375 e. The topological polar surface area (TPSA) is 12.9 Å². The van der Waals surface area contributed by atoms with Crippen LogP contribution < -0.4 is 0 Å². The standard InChI is InChI=1S/C10H13N/c1-7-3-4-9-6-11-8(2)5-10(7)9/h5-7H,3-4H2,1-2H3. The van der Waals surface area contributed by atoms with Crippen molar-refractivity contribution in [1.82, 2.24) is 4.98 Å². The maximum atomic E-state index is 4.29. The van der Waals surface area contributed by atoms with Gasteiger partial charge in [-0.2, -0.15) is 0 Å². The molecule has 0 N–H and O–H groups in total. The zero-order valence-corrected chi connectivity index (χ0v) is 7.09. The molecular weight excluding hydrogens is 134 g/mol. The molecule has 0 aromatic carbocycles. The van der Waals surface area contributed by atoms with Gasteiger partial charge in [-0.05, 0) is 42.9 Å². The van der Waals surface area contributed by atoms with Gasteiger partial charge in [0, 0.05) is 11.9 Å². The summed E-state index contributed by atoms with van der Waals surface area (Å²) in [5.41, 5.74) is 4.14. The Labute approximate surface area is 67.5 Å². The van der Waals surface area contributed by atoms with Crippen LogP contribution in [0.2, 0.25) is 0 Å². The average molecular weight is 147 g/mol. The van der Waals surface area contributed by atoms with Crippen LogP contribution in [0, 0.1) is 6.92 Å². The van der Waals surface area contributed by atoms with E-state index < -0.39 is 0 Å². The molecule has 0 spiro atoms. The third kappa shape index (κ3) is 1.05. The Balaban J connectivity index is 2.52. The number of hydrogen-bond donors (Lipinski definition) is 0. The fraction of sp³-hybridized carbons (Fsp3) is 0.500. The first kappa shape index (κ1) is 6.84. The Kier molecular flexibility index (Phi) is 1.45. The molecule has 0 aliphatic heterocycles. The van der Waals surface area contributed by atoms with E-state index in [9.17, 15) is 0 Å². The van der Waals surface area contributed by atoms with Crippen molar-refractivity contribution in [3.63, 3.8) is 0 Å². The van der Waals surface area contributed by atoms with Gasteiger partial charge in [0.1, 0.15) is 0 Å². The van der Waals surface area contributed by atoms with Gasteiger partial charge in [-0.15, -0.1) is 0 Å². The highest BCUT2D eigenvalue weighted by molar-refractivity contribution is 5.33. The maximum absolute atomic E-state index is 4.29. The predicted octanol–water partition coefficient (Wildman–Crippen LogP) is 2.44. The van der Waals surface area contributed by atoms with E-state index >= 15 is 0 Å². The molecule has 0 saturated carbocycles. The van der Waals surface area contributed by atoms with Crippen LogP contribution in [0.15, 0.2) is 12.3 Å². The molecule has 1 unspecified atom stereocenters. The van der Waals surface area contributed by atoms with Crippen LogP contribution in [-0.2, 0) is 6.42 Å². The van der Waals surface area contributed by atoms with Gasteiger partial charge in [0.25, 0.3) is 0 Å². The second-order valence-electron chi connectivity index (χ2n) is 3.46. The Bertz CT molecular complexity index is 278. The van der Waals surface area contributed by atoms with Crippen LogP contribution >= 0.6 is 0 Å². The zero-order valence-electron chi connectivity index (χ0n) is 7.09. The Morgan fingerprint density at radius 2 is 2.36 bits per heavy atom. The number of fused-ring (bicyclic) bond motifs is 1. The summed E-state index contributed by atoms with van der Waals surface area (Å²) < 4.78 is 0. The maximum Gasteiger partial charge on any atom is 0.0375 e. The number of aromatic nitrogens is 1. The fourth-order valence-corrected chi connectivity index (χ4v) is 1.80. The summed E-state index contributed by atoms with van der Waals surface area (Å²) in [5.74, 6) is 0.756. The highest BCUT2D eigenvalue weighted by atomic mass is 14.7. The number of hydrogen-bond acceptors (Lipinski definition) is 1. The molecule has 1 atom stereocenters. The summed E-state index contributed by atoms with van der Waals surface area (Å²) >= 11 is 0. The monoisotopic (exact) mass is 147 g/mol. The minimum atomic E-state index is 0.756. The van der Waals surface area contributed by atoms with Gasteiger partial charge in [-0.3, -0.25) is 4.98 Å². The third-order valence-corrected chi connectivity index (χ3v) is 2.54. The molecule has 1 heteroatoms. The van der Waals surface area contributed by atoms with Gasteiger partial charge in [0.05, 0.1) is 0 Å². The molecule has 1 aliphatic carbocycles. The average Bonchev–Trinajstić information content (AvgIpc) is 2.33. The molecule has 0 saturated heterocycles. The van der Waals surface area contributed by atoms with E-state index in [0.717, 1.165) is 11.6 Å². The predicted molar refractivity (Wildman–Crippen MR) is 45.7 cm³/mol. The van der Waals surface area contributed by atoms with Crippen LogP contribution in [-0.4, -0.2) is 4.98 Å². The first-order valence-corrected chi connectivity index (χ1v) is 4.23. The molecule has 0 fully saturated rings. The molecule has 2 rings (SSSR count). The fourth-order valence-electron chi connectivity index (χ4n) is 1.80. The summed E-state index contributed by atoms with van der Waals surface area (Å²) in [5, 5.41) is 0. The highest BCUT2D eigenvalue weighted by Gasteiger charge is 2.18. The summed E-state index contributed by atoms with van der Waals surface area (Å²) in [4.78, 5) is 4.29. The van der Waals surface area contributed by atoms with Crippen molar-refractivity contribution in [2.24, 2.45) is 0 Å². The van der Waals surface area contributed by atoms with E-state index in [1.165, 1.54) is 24.0 Å². The van der Waals surface area contributed by atoms with Gasteiger partial charge < -0.3 is 0 Å². The lowest BCUT2D eigenvalue weighted by molar-refractivity contribution is 0.747. The normalized spacial score (nSPS) is 21.8. The number of aryl methyl sites for hydroxylation is 2. The van der Waals surface area contributed by atoms with E-state index in [-0.39, 0.29) is 0 Å². The van der Waals surface area contributed by atoms with Crippen LogP contribution in [0.1, 0.15) is 36.1 Å². The summed E-state index contributed by atoms with van der Waals surface area (Å²) in [6.07, 6.45) is 4.57. The minimum Gasteiger partial charge on any atom is -0.261 e. The van der Waals surface area contributed by atoms with Gasteiger partial charge >= 0.3 is 0 Å². The van der Waals surface area contributed by atoms with Crippen LogP contribution in [0.3, 0.4) is 0 Å². The molecule has 58 valence electrons. The van der Waals surface area contributed by atoms with Crippen molar-refractivity contribution < 1.29 is 0 Å². The van der Waals surface area contributed by atoms with E-state index in [4.69, 9.17) is 0 Å². The molecule has 1 nitrogen and oxygen atoms in total. The molecule has 0 radical (unpaired) electrons. The summed E-state index contributed by atoms with van der Waals surface area (Å²) in [6, 6.07) is 2.23. The van der Waals surface area contributed by atoms with E-state index in [2.05, 4.69) is 24.9 Å². The van der Waals surface area contributed by atoms with Gasteiger partial charge in [0.15, 0.2) is 0 Å². The number of rotatable bonds is 0. The minimum absolute atomic E-state index is 0.756. The van der Waals surface area contributed by atoms with Crippen LogP contribution in [0.25, 0.3) is 0 Å². The molecular formula is C10H13N. The molecule has 0 amide bonds. The largest absolute Gasteiger partial charge is 0.261 e. The lowest BCUT2D eigenvalue weighted by Crippen LogP contribution is -1.89. The molecule has 1 heterocycles. The Morgan fingerprint density at radius 1 is 1.55 bits per heavy atom. The van der Waals surface area contributed by atoms with E-state index in [1.54, 1.807) is 0 Å². The second-order valence-corrected chi connectivity index (χ2v) is 3.46. The van der Waals surface area contributed by atoms with E-state index in [0.29, 0.717) is 0 Å². The number of nitrogens with zero attached hydrogens (tertiary/aromatic N) is 1. The summed E-state index contributed by atoms with van der Waals surface area (Å²) in [6.45, 7) is 4.36. The number of pyridine rings is 1. The highest BCUT2D eigenvalue weighted by Crippen LogP contribution is 2.31. The lowest BCUT2D eigenvalue weighted by Gasteiger charge is -2.03. The quantitative estimate of drug-likeness (QED) is 0.549. The van der Waals surface area contributed by atoms with Crippen LogP contribution in [0.4, 0.5) is 0 Å². The second kappa shape index (κ2) is 2.33. The SMILES string of the molecule is Cc1cc2c(cn1)CCC2C. The van der Waals surface area contributed by atoms with Crippen molar-refractivity contribution in [2.75, 3.05) is 0 Å². The van der Waals surface area contributed by atoms with Gasteiger partial charge in [-0.1, -0.05) is 6.92 Å². The van der Waals surface area contributed by atoms with Crippen molar-refractivity contribution in [3.8, 4) is 0 Å². The van der Waals surface area contributed by atoms with Crippen molar-refractivity contribution in [2.45, 2.75) is 32.6 Å². The first-order valence-electron chi connectivity index (χ1n) is 4.23. The molecule has 11 heavy (non-hydrogen) atoms. The van der Waals surface area contributed by atoms with Crippen molar-refractivity contribution in [3.05, 3.63) is 29.1 Å². The van der Waals surface area contributed by atoms with E-state index in [1.807, 2.05) is 6.20 Å². The van der Waals surface area contributed by atoms with Crippen molar-refractivity contribution in [1.29, 1.82) is 0 Å². The summed E-state index contributed by atoms with van der Waals surface area (Å²) in [7, 11) is 0. The molecule has 1 aromatic heterocycles. The van der Waals surface area contributed by atoms with Crippen LogP contribution in [0.5, 0.6) is 0 Å². The molecule has 0 bridgehead atoms. The lowest BCUT2D eigenvalue weighted by atomic mass is 10.0. The Morgan fingerprint density at radius 3 is 3.18 bits per heavy atom. The zero-order chi connectivity index (χ0) is 7.84.